The fourth-order valence-corrected chi connectivity index (χ4v) is 4.53. The maximum absolute atomic E-state index is 13.2. The zero-order valence-corrected chi connectivity index (χ0v) is 20.0. The highest BCUT2D eigenvalue weighted by Gasteiger charge is 2.19. The predicted octanol–water partition coefficient (Wildman–Crippen LogP) is 2.99. The van der Waals surface area contributed by atoms with Crippen molar-refractivity contribution in [3.8, 4) is 0 Å². The fraction of sp³-hybridized carbons (Fsp3) is 0.500. The van der Waals surface area contributed by atoms with Gasteiger partial charge in [0.05, 0.1) is 6.04 Å². The van der Waals surface area contributed by atoms with E-state index >= 15 is 0 Å². The van der Waals surface area contributed by atoms with Crippen LogP contribution in [0.4, 0.5) is 11.4 Å². The van der Waals surface area contributed by atoms with Crippen LogP contribution in [0.3, 0.4) is 0 Å². The van der Waals surface area contributed by atoms with E-state index in [1.54, 1.807) is 0 Å². The Balaban J connectivity index is 1.45. The van der Waals surface area contributed by atoms with Gasteiger partial charge in [-0.3, -0.25) is 4.79 Å². The van der Waals surface area contributed by atoms with Crippen LogP contribution in [0.15, 0.2) is 42.5 Å². The lowest BCUT2D eigenvalue weighted by atomic mass is 10.0. The molecular formula is C26H37N5O. The van der Waals surface area contributed by atoms with Crippen LogP contribution < -0.4 is 15.1 Å². The van der Waals surface area contributed by atoms with E-state index in [1.807, 2.05) is 6.92 Å². The molecule has 2 saturated heterocycles. The average Bonchev–Trinajstić information content (AvgIpc) is 2.80. The van der Waals surface area contributed by atoms with Gasteiger partial charge in [-0.15, -0.1) is 0 Å². The van der Waals surface area contributed by atoms with Crippen LogP contribution in [0.5, 0.6) is 0 Å². The van der Waals surface area contributed by atoms with Crippen LogP contribution in [-0.2, 0) is 0 Å². The van der Waals surface area contributed by atoms with Crippen molar-refractivity contribution in [2.75, 3.05) is 76.3 Å². The number of hydrogen-bond acceptors (Lipinski definition) is 5. The van der Waals surface area contributed by atoms with Gasteiger partial charge in [0, 0.05) is 69.3 Å². The van der Waals surface area contributed by atoms with Crippen molar-refractivity contribution >= 4 is 17.3 Å². The second-order valence-corrected chi connectivity index (χ2v) is 9.37. The third-order valence-corrected chi connectivity index (χ3v) is 6.92. The van der Waals surface area contributed by atoms with Gasteiger partial charge in [-0.25, -0.2) is 0 Å². The van der Waals surface area contributed by atoms with E-state index in [2.05, 4.69) is 88.4 Å². The van der Waals surface area contributed by atoms with Gasteiger partial charge in [-0.1, -0.05) is 18.2 Å². The van der Waals surface area contributed by atoms with E-state index in [9.17, 15) is 4.79 Å². The summed E-state index contributed by atoms with van der Waals surface area (Å²) in [6, 6.07) is 14.8. The SMILES string of the molecule is Cc1ccc(N2CCN(C)CC2)cc1C(=O)N[C@H](C)c1cccc(N2CCN(C)CC2)c1. The first-order chi connectivity index (χ1) is 15.4. The summed E-state index contributed by atoms with van der Waals surface area (Å²) in [4.78, 5) is 22.7. The molecule has 1 amide bonds. The van der Waals surface area contributed by atoms with Gasteiger partial charge < -0.3 is 24.9 Å². The van der Waals surface area contributed by atoms with Gasteiger partial charge in [-0.05, 0) is 63.3 Å². The third-order valence-electron chi connectivity index (χ3n) is 6.92. The maximum Gasteiger partial charge on any atom is 0.252 e. The second kappa shape index (κ2) is 9.92. The topological polar surface area (TPSA) is 42.1 Å². The number of benzene rings is 2. The third kappa shape index (κ3) is 5.25. The van der Waals surface area contributed by atoms with Gasteiger partial charge in [0.2, 0.25) is 0 Å². The molecule has 0 spiro atoms. The molecule has 0 bridgehead atoms. The number of nitrogens with zero attached hydrogens (tertiary/aromatic N) is 4. The Morgan fingerprint density at radius 1 is 0.812 bits per heavy atom. The van der Waals surface area contributed by atoms with Gasteiger partial charge in [0.1, 0.15) is 0 Å². The summed E-state index contributed by atoms with van der Waals surface area (Å²) >= 11 is 0. The number of aryl methyl sites for hydroxylation is 1. The normalized spacial score (nSPS) is 19.1. The monoisotopic (exact) mass is 435 g/mol. The Kier molecular flexibility index (Phi) is 7.01. The summed E-state index contributed by atoms with van der Waals surface area (Å²) in [5, 5.41) is 3.24. The molecule has 2 aromatic rings. The van der Waals surface area contributed by atoms with Crippen molar-refractivity contribution in [1.82, 2.24) is 15.1 Å². The molecule has 2 heterocycles. The Hall–Kier alpha value is -2.57. The van der Waals surface area contributed by atoms with E-state index < -0.39 is 0 Å². The first-order valence-corrected chi connectivity index (χ1v) is 11.8. The molecule has 0 aliphatic carbocycles. The minimum absolute atomic E-state index is 0.00372. The van der Waals surface area contributed by atoms with Crippen molar-refractivity contribution < 1.29 is 4.79 Å². The number of amides is 1. The lowest BCUT2D eigenvalue weighted by molar-refractivity contribution is 0.0939. The lowest BCUT2D eigenvalue weighted by Gasteiger charge is -2.34. The standard InChI is InChI=1S/C26H37N5O/c1-20-8-9-24(31-16-12-29(4)13-17-31)19-25(20)26(32)27-21(2)22-6-5-7-23(18-22)30-14-10-28(3)11-15-30/h5-9,18-19,21H,10-17H2,1-4H3,(H,27,32)/t21-/m1/s1. The molecule has 32 heavy (non-hydrogen) atoms. The van der Waals surface area contributed by atoms with E-state index in [0.29, 0.717) is 0 Å². The predicted molar refractivity (Wildman–Crippen MR) is 133 cm³/mol. The summed E-state index contributed by atoms with van der Waals surface area (Å²) in [5.41, 5.74) is 5.30. The number of nitrogens with one attached hydrogen (secondary N) is 1. The van der Waals surface area contributed by atoms with Crippen molar-refractivity contribution in [3.05, 3.63) is 59.2 Å². The minimum atomic E-state index is -0.0541. The highest BCUT2D eigenvalue weighted by atomic mass is 16.1. The Morgan fingerprint density at radius 3 is 1.97 bits per heavy atom. The first kappa shape index (κ1) is 22.6. The highest BCUT2D eigenvalue weighted by Crippen LogP contribution is 2.24. The van der Waals surface area contributed by atoms with Gasteiger partial charge in [-0.2, -0.15) is 0 Å². The number of carbonyl (C=O) groups excluding carboxylic acids is 1. The van der Waals surface area contributed by atoms with Crippen LogP contribution in [0.25, 0.3) is 0 Å². The smallest absolute Gasteiger partial charge is 0.252 e. The van der Waals surface area contributed by atoms with Crippen LogP contribution in [0.1, 0.15) is 34.5 Å². The molecule has 0 saturated carbocycles. The molecule has 4 rings (SSSR count). The van der Waals surface area contributed by atoms with Crippen LogP contribution in [0.2, 0.25) is 0 Å². The summed E-state index contributed by atoms with van der Waals surface area (Å²) in [7, 11) is 4.33. The molecule has 2 fully saturated rings. The molecule has 0 radical (unpaired) electrons. The number of carbonyl (C=O) groups is 1. The van der Waals surface area contributed by atoms with Crippen molar-refractivity contribution in [1.29, 1.82) is 0 Å². The Bertz CT molecular complexity index is 930. The van der Waals surface area contributed by atoms with Crippen LogP contribution in [-0.4, -0.2) is 82.2 Å². The molecule has 2 aromatic carbocycles. The number of anilines is 2. The molecule has 172 valence electrons. The number of likely N-dealkylation sites (N-methyl/N-ethyl adjacent to an activating group) is 2. The average molecular weight is 436 g/mol. The van der Waals surface area contributed by atoms with E-state index in [-0.39, 0.29) is 11.9 Å². The Morgan fingerprint density at radius 2 is 1.38 bits per heavy atom. The Labute approximate surface area is 192 Å². The van der Waals surface area contributed by atoms with Crippen LogP contribution in [0, 0.1) is 6.92 Å². The highest BCUT2D eigenvalue weighted by molar-refractivity contribution is 5.96. The van der Waals surface area contributed by atoms with Crippen LogP contribution >= 0.6 is 0 Å². The molecule has 2 aliphatic heterocycles. The van der Waals surface area contributed by atoms with Gasteiger partial charge in [0.15, 0.2) is 0 Å². The van der Waals surface area contributed by atoms with Crippen molar-refractivity contribution in [2.45, 2.75) is 19.9 Å². The quantitative estimate of drug-likeness (QED) is 0.782. The zero-order chi connectivity index (χ0) is 22.7. The van der Waals surface area contributed by atoms with Gasteiger partial charge >= 0.3 is 0 Å². The number of rotatable bonds is 5. The number of piperazine rings is 2. The molecular weight excluding hydrogens is 398 g/mol. The molecule has 1 atom stereocenters. The first-order valence-electron chi connectivity index (χ1n) is 11.8. The molecule has 0 unspecified atom stereocenters. The van der Waals surface area contributed by atoms with Crippen molar-refractivity contribution in [2.24, 2.45) is 0 Å². The molecule has 6 nitrogen and oxygen atoms in total. The summed E-state index contributed by atoms with van der Waals surface area (Å²) < 4.78 is 0. The molecule has 2 aliphatic rings. The molecule has 6 heteroatoms. The zero-order valence-electron chi connectivity index (χ0n) is 20.0. The van der Waals surface area contributed by atoms with E-state index in [4.69, 9.17) is 0 Å². The lowest BCUT2D eigenvalue weighted by Crippen LogP contribution is -2.44. The number of hydrogen-bond donors (Lipinski definition) is 1. The largest absolute Gasteiger partial charge is 0.369 e. The van der Waals surface area contributed by atoms with E-state index in [1.165, 1.54) is 5.69 Å². The summed E-state index contributed by atoms with van der Waals surface area (Å²) in [6.45, 7) is 12.4. The fourth-order valence-electron chi connectivity index (χ4n) is 4.53. The molecule has 1 N–H and O–H groups in total. The second-order valence-electron chi connectivity index (χ2n) is 9.37. The van der Waals surface area contributed by atoms with E-state index in [0.717, 1.165) is 74.7 Å². The molecule has 0 aromatic heterocycles. The maximum atomic E-state index is 13.2. The minimum Gasteiger partial charge on any atom is -0.369 e. The van der Waals surface area contributed by atoms with Crippen molar-refractivity contribution in [3.63, 3.8) is 0 Å². The van der Waals surface area contributed by atoms with Gasteiger partial charge in [0.25, 0.3) is 5.91 Å². The summed E-state index contributed by atoms with van der Waals surface area (Å²) in [5.74, 6) is -0.00372. The summed E-state index contributed by atoms with van der Waals surface area (Å²) in [6.07, 6.45) is 0.